The van der Waals surface area contributed by atoms with Gasteiger partial charge in [-0.2, -0.15) is 5.26 Å². The molecule has 3 rings (SSSR count). The maximum Gasteiger partial charge on any atom is 0.0991 e. The van der Waals surface area contributed by atoms with Crippen LogP contribution >= 0.6 is 0 Å². The number of nitriles is 1. The number of nitrogens with two attached hydrogens (primary N) is 1. The lowest BCUT2D eigenvalue weighted by molar-refractivity contribution is 0.549. The minimum atomic E-state index is 0.515. The lowest BCUT2D eigenvalue weighted by atomic mass is 9.79. The van der Waals surface area contributed by atoms with E-state index in [9.17, 15) is 0 Å². The molecule has 0 bridgehead atoms. The average Bonchev–Trinajstić information content (AvgIpc) is 2.78. The molecule has 2 atom stereocenters. The molecule has 0 spiro atoms. The van der Waals surface area contributed by atoms with Crippen LogP contribution in [0.4, 0.5) is 0 Å². The van der Waals surface area contributed by atoms with Gasteiger partial charge in [0, 0.05) is 11.6 Å². The Kier molecular flexibility index (Phi) is 2.00. The molecule has 2 aliphatic rings. The van der Waals surface area contributed by atoms with Gasteiger partial charge in [-0.05, 0) is 48.1 Å². The maximum atomic E-state index is 8.94. The molecule has 2 aliphatic carbocycles. The van der Waals surface area contributed by atoms with Crippen LogP contribution in [0.3, 0.4) is 0 Å². The van der Waals surface area contributed by atoms with Crippen molar-refractivity contribution in [3.63, 3.8) is 0 Å². The third-order valence-electron chi connectivity index (χ3n) is 3.88. The largest absolute Gasteiger partial charge is 0.402 e. The van der Waals surface area contributed by atoms with Crippen molar-refractivity contribution < 1.29 is 0 Å². The Morgan fingerprint density at radius 1 is 1.25 bits per heavy atom. The van der Waals surface area contributed by atoms with Gasteiger partial charge in [0.2, 0.25) is 0 Å². The van der Waals surface area contributed by atoms with Crippen LogP contribution in [0.1, 0.15) is 41.9 Å². The summed E-state index contributed by atoms with van der Waals surface area (Å²) in [7, 11) is 0. The van der Waals surface area contributed by atoms with Crippen LogP contribution < -0.4 is 5.73 Å². The van der Waals surface area contributed by atoms with E-state index in [1.165, 1.54) is 30.4 Å². The number of benzene rings is 1. The highest BCUT2D eigenvalue weighted by molar-refractivity contribution is 5.63. The second-order valence-corrected chi connectivity index (χ2v) is 4.74. The molecule has 0 aliphatic heterocycles. The standard InChI is InChI=1S/C14H14N2/c15-8-9-4-5-10-7-14(16)12-3-1-2-11(12)13(10)6-9/h4-7,11-12H,1-3,16H2. The third-order valence-corrected chi connectivity index (χ3v) is 3.88. The average molecular weight is 210 g/mol. The zero-order valence-electron chi connectivity index (χ0n) is 9.11. The zero-order chi connectivity index (χ0) is 11.1. The number of hydrogen-bond acceptors (Lipinski definition) is 2. The van der Waals surface area contributed by atoms with E-state index in [1.807, 2.05) is 18.2 Å². The summed E-state index contributed by atoms with van der Waals surface area (Å²) in [5, 5.41) is 8.94. The molecule has 0 radical (unpaired) electrons. The minimum Gasteiger partial charge on any atom is -0.402 e. The third kappa shape index (κ3) is 1.25. The van der Waals surface area contributed by atoms with Crippen LogP contribution in [-0.2, 0) is 0 Å². The van der Waals surface area contributed by atoms with Gasteiger partial charge in [0.15, 0.2) is 0 Å². The van der Waals surface area contributed by atoms with Crippen LogP contribution in [0.2, 0.25) is 0 Å². The molecule has 80 valence electrons. The van der Waals surface area contributed by atoms with E-state index >= 15 is 0 Å². The van der Waals surface area contributed by atoms with E-state index < -0.39 is 0 Å². The number of hydrogen-bond donors (Lipinski definition) is 1. The van der Waals surface area contributed by atoms with Gasteiger partial charge in [0.1, 0.15) is 0 Å². The van der Waals surface area contributed by atoms with Crippen molar-refractivity contribution >= 4 is 6.08 Å². The Morgan fingerprint density at radius 2 is 2.06 bits per heavy atom. The van der Waals surface area contributed by atoms with E-state index in [4.69, 9.17) is 11.0 Å². The van der Waals surface area contributed by atoms with E-state index in [2.05, 4.69) is 12.1 Å². The predicted octanol–water partition coefficient (Wildman–Crippen LogP) is 2.76. The van der Waals surface area contributed by atoms with Crippen LogP contribution in [0.25, 0.3) is 6.08 Å². The Labute approximate surface area is 95.4 Å². The molecule has 2 unspecified atom stereocenters. The minimum absolute atomic E-state index is 0.515. The van der Waals surface area contributed by atoms with E-state index in [0.29, 0.717) is 11.8 Å². The van der Waals surface area contributed by atoms with E-state index in [0.717, 1.165) is 11.3 Å². The normalized spacial score (nSPS) is 26.6. The fourth-order valence-electron chi connectivity index (χ4n) is 3.11. The van der Waals surface area contributed by atoms with Gasteiger partial charge in [-0.3, -0.25) is 0 Å². The van der Waals surface area contributed by atoms with Crippen molar-refractivity contribution in [1.29, 1.82) is 5.26 Å². The van der Waals surface area contributed by atoms with Gasteiger partial charge >= 0.3 is 0 Å². The Hall–Kier alpha value is -1.75. The van der Waals surface area contributed by atoms with Crippen LogP contribution in [0, 0.1) is 17.2 Å². The predicted molar refractivity (Wildman–Crippen MR) is 63.4 cm³/mol. The summed E-state index contributed by atoms with van der Waals surface area (Å²) >= 11 is 0. The Balaban J connectivity index is 2.16. The molecule has 2 N–H and O–H groups in total. The Bertz CT molecular complexity index is 508. The number of fused-ring (bicyclic) bond motifs is 3. The monoisotopic (exact) mass is 210 g/mol. The first-order valence-corrected chi connectivity index (χ1v) is 5.80. The first kappa shape index (κ1) is 9.47. The molecular formula is C14H14N2. The smallest absolute Gasteiger partial charge is 0.0991 e. The van der Waals surface area contributed by atoms with Gasteiger partial charge in [-0.1, -0.05) is 12.5 Å². The fraction of sp³-hybridized carbons (Fsp3) is 0.357. The molecule has 1 fully saturated rings. The highest BCUT2D eigenvalue weighted by Gasteiger charge is 2.34. The summed E-state index contributed by atoms with van der Waals surface area (Å²) in [5.41, 5.74) is 10.4. The summed E-state index contributed by atoms with van der Waals surface area (Å²) in [6.45, 7) is 0. The Morgan fingerprint density at radius 3 is 2.88 bits per heavy atom. The van der Waals surface area contributed by atoms with Crippen molar-refractivity contribution in [3.8, 4) is 6.07 Å². The molecular weight excluding hydrogens is 196 g/mol. The molecule has 1 aromatic carbocycles. The molecule has 0 amide bonds. The topological polar surface area (TPSA) is 49.8 Å². The quantitative estimate of drug-likeness (QED) is 0.715. The SMILES string of the molecule is N#Cc1ccc2c(c1)C1CCCC1C(N)=C2. The van der Waals surface area contributed by atoms with Crippen molar-refractivity contribution in [2.24, 2.45) is 11.7 Å². The van der Waals surface area contributed by atoms with E-state index in [-0.39, 0.29) is 0 Å². The number of allylic oxidation sites excluding steroid dienone is 1. The first-order chi connectivity index (χ1) is 7.79. The highest BCUT2D eigenvalue weighted by Crippen LogP contribution is 2.47. The molecule has 16 heavy (non-hydrogen) atoms. The van der Waals surface area contributed by atoms with Crippen LogP contribution in [0.5, 0.6) is 0 Å². The van der Waals surface area contributed by atoms with Gasteiger partial charge in [-0.25, -0.2) is 0 Å². The molecule has 2 nitrogen and oxygen atoms in total. The van der Waals surface area contributed by atoms with Gasteiger partial charge in [0.05, 0.1) is 11.6 Å². The van der Waals surface area contributed by atoms with Crippen molar-refractivity contribution in [1.82, 2.24) is 0 Å². The van der Waals surface area contributed by atoms with Gasteiger partial charge in [-0.15, -0.1) is 0 Å². The van der Waals surface area contributed by atoms with Gasteiger partial charge in [0.25, 0.3) is 0 Å². The molecule has 0 heterocycles. The number of rotatable bonds is 0. The fourth-order valence-corrected chi connectivity index (χ4v) is 3.11. The summed E-state index contributed by atoms with van der Waals surface area (Å²) in [6.07, 6.45) is 5.74. The summed E-state index contributed by atoms with van der Waals surface area (Å²) < 4.78 is 0. The van der Waals surface area contributed by atoms with Crippen molar-refractivity contribution in [2.45, 2.75) is 25.2 Å². The summed E-state index contributed by atoms with van der Waals surface area (Å²) in [5.74, 6) is 1.06. The summed E-state index contributed by atoms with van der Waals surface area (Å²) in [4.78, 5) is 0. The molecule has 0 saturated heterocycles. The van der Waals surface area contributed by atoms with Crippen molar-refractivity contribution in [2.75, 3.05) is 0 Å². The molecule has 2 heteroatoms. The highest BCUT2D eigenvalue weighted by atomic mass is 14.6. The number of nitrogens with zero attached hydrogens (tertiary/aromatic N) is 1. The summed E-state index contributed by atoms with van der Waals surface area (Å²) in [6, 6.07) is 8.16. The van der Waals surface area contributed by atoms with Crippen LogP contribution in [0.15, 0.2) is 23.9 Å². The molecule has 1 saturated carbocycles. The molecule has 1 aromatic rings. The van der Waals surface area contributed by atoms with E-state index in [1.54, 1.807) is 0 Å². The lowest BCUT2D eigenvalue weighted by Crippen LogP contribution is -2.19. The first-order valence-electron chi connectivity index (χ1n) is 5.80. The van der Waals surface area contributed by atoms with Crippen LogP contribution in [-0.4, -0.2) is 0 Å². The second-order valence-electron chi connectivity index (χ2n) is 4.74. The van der Waals surface area contributed by atoms with Gasteiger partial charge < -0.3 is 5.73 Å². The molecule has 0 aromatic heterocycles. The second kappa shape index (κ2) is 3.38. The zero-order valence-corrected chi connectivity index (χ0v) is 9.11. The van der Waals surface area contributed by atoms with Crippen molar-refractivity contribution in [3.05, 3.63) is 40.6 Å². The lowest BCUT2D eigenvalue weighted by Gasteiger charge is -2.27. The maximum absolute atomic E-state index is 8.94.